The topological polar surface area (TPSA) is 67.1 Å². The summed E-state index contributed by atoms with van der Waals surface area (Å²) in [7, 11) is 0. The van der Waals surface area contributed by atoms with Crippen LogP contribution in [0, 0.1) is 5.92 Å². The molecular weight excluding hydrogens is 262 g/mol. The molecule has 1 amide bonds. The zero-order chi connectivity index (χ0) is 13.8. The lowest BCUT2D eigenvalue weighted by Gasteiger charge is -2.29. The molecule has 0 aliphatic carbocycles. The molecule has 1 fully saturated rings. The summed E-state index contributed by atoms with van der Waals surface area (Å²) in [6.07, 6.45) is 2.45. The number of halogens is 1. The summed E-state index contributed by atoms with van der Waals surface area (Å²) < 4.78 is 0. The summed E-state index contributed by atoms with van der Waals surface area (Å²) in [5.41, 5.74) is 6.52. The average Bonchev–Trinajstić information content (AvgIpc) is 2.39. The number of benzene rings is 1. The molecule has 104 valence electrons. The first-order valence-electron chi connectivity index (χ1n) is 6.64. The highest BCUT2D eigenvalue weighted by atomic mass is 35.5. The van der Waals surface area contributed by atoms with Crippen LogP contribution in [0.2, 0.25) is 5.02 Å². The van der Waals surface area contributed by atoms with E-state index >= 15 is 0 Å². The van der Waals surface area contributed by atoms with E-state index in [2.05, 4.69) is 17.6 Å². The van der Waals surface area contributed by atoms with Crippen LogP contribution in [0.15, 0.2) is 18.2 Å². The number of piperidine rings is 1. The molecule has 4 nitrogen and oxygen atoms in total. The van der Waals surface area contributed by atoms with Gasteiger partial charge in [-0.1, -0.05) is 11.6 Å². The third-order valence-electron chi connectivity index (χ3n) is 3.67. The zero-order valence-corrected chi connectivity index (χ0v) is 11.8. The van der Waals surface area contributed by atoms with Crippen LogP contribution in [-0.4, -0.2) is 25.0 Å². The van der Waals surface area contributed by atoms with Gasteiger partial charge in [0.25, 0.3) is 0 Å². The number of carbonyl (C=O) groups is 1. The maximum absolute atomic E-state index is 11.1. The Hall–Kier alpha value is -1.26. The van der Waals surface area contributed by atoms with Gasteiger partial charge in [-0.05, 0) is 57.0 Å². The maximum atomic E-state index is 11.1. The molecule has 19 heavy (non-hydrogen) atoms. The van der Waals surface area contributed by atoms with Gasteiger partial charge < -0.3 is 16.4 Å². The minimum Gasteiger partial charge on any atom is -0.382 e. The number of anilines is 1. The van der Waals surface area contributed by atoms with E-state index < -0.39 is 5.91 Å². The molecule has 0 aromatic heterocycles. The second-order valence-electron chi connectivity index (χ2n) is 5.10. The van der Waals surface area contributed by atoms with Crippen LogP contribution in [0.5, 0.6) is 0 Å². The number of carbonyl (C=O) groups excluding carboxylic acids is 1. The Balaban J connectivity index is 2.02. The van der Waals surface area contributed by atoms with Crippen molar-refractivity contribution in [2.24, 2.45) is 11.7 Å². The lowest BCUT2D eigenvalue weighted by molar-refractivity contribution is 0.100. The zero-order valence-electron chi connectivity index (χ0n) is 11.1. The van der Waals surface area contributed by atoms with E-state index in [-0.39, 0.29) is 0 Å². The third-order valence-corrected chi connectivity index (χ3v) is 3.98. The van der Waals surface area contributed by atoms with Crippen molar-refractivity contribution in [1.82, 2.24) is 5.32 Å². The highest BCUT2D eigenvalue weighted by molar-refractivity contribution is 6.34. The summed E-state index contributed by atoms with van der Waals surface area (Å²) in [5.74, 6) is 0.115. The second-order valence-corrected chi connectivity index (χ2v) is 5.51. The molecule has 1 aromatic carbocycles. The van der Waals surface area contributed by atoms with Crippen molar-refractivity contribution in [1.29, 1.82) is 0 Å². The van der Waals surface area contributed by atoms with Crippen LogP contribution in [-0.2, 0) is 0 Å². The van der Waals surface area contributed by atoms with Crippen LogP contribution in [0.3, 0.4) is 0 Å². The van der Waals surface area contributed by atoms with E-state index in [1.165, 1.54) is 12.8 Å². The van der Waals surface area contributed by atoms with Gasteiger partial charge >= 0.3 is 0 Å². The van der Waals surface area contributed by atoms with Crippen LogP contribution in [0.1, 0.15) is 30.1 Å². The molecule has 0 radical (unpaired) electrons. The van der Waals surface area contributed by atoms with Gasteiger partial charge in [-0.3, -0.25) is 4.79 Å². The molecular formula is C14H20ClN3O. The normalized spacial score (nSPS) is 20.8. The minimum atomic E-state index is -0.499. The molecule has 0 saturated carbocycles. The molecule has 4 N–H and O–H groups in total. The van der Waals surface area contributed by atoms with E-state index in [4.69, 9.17) is 17.3 Å². The fraction of sp³-hybridized carbons (Fsp3) is 0.500. The molecule has 1 aliphatic heterocycles. The average molecular weight is 282 g/mol. The highest BCUT2D eigenvalue weighted by Gasteiger charge is 2.19. The molecule has 2 unspecified atom stereocenters. The summed E-state index contributed by atoms with van der Waals surface area (Å²) in [4.78, 5) is 11.1. The van der Waals surface area contributed by atoms with Crippen molar-refractivity contribution in [3.63, 3.8) is 0 Å². The Bertz CT molecular complexity index is 458. The summed E-state index contributed by atoms with van der Waals surface area (Å²) >= 11 is 6.04. The van der Waals surface area contributed by atoms with Gasteiger partial charge in [0.2, 0.25) is 5.91 Å². The number of rotatable bonds is 4. The highest BCUT2D eigenvalue weighted by Crippen LogP contribution is 2.23. The number of nitrogens with two attached hydrogens (primary N) is 1. The molecule has 2 atom stereocenters. The fourth-order valence-electron chi connectivity index (χ4n) is 2.49. The second kappa shape index (κ2) is 6.26. The number of hydrogen-bond donors (Lipinski definition) is 3. The Morgan fingerprint density at radius 3 is 2.95 bits per heavy atom. The summed E-state index contributed by atoms with van der Waals surface area (Å²) in [6.45, 7) is 4.33. The van der Waals surface area contributed by atoms with Gasteiger partial charge in [-0.2, -0.15) is 0 Å². The van der Waals surface area contributed by atoms with Crippen molar-refractivity contribution in [2.75, 3.05) is 18.4 Å². The molecule has 1 heterocycles. The van der Waals surface area contributed by atoms with Gasteiger partial charge in [0.15, 0.2) is 0 Å². The first-order chi connectivity index (χ1) is 9.08. The Kier molecular flexibility index (Phi) is 4.66. The molecule has 0 spiro atoms. The number of hydrogen-bond acceptors (Lipinski definition) is 3. The van der Waals surface area contributed by atoms with Crippen LogP contribution in [0.25, 0.3) is 0 Å². The van der Waals surface area contributed by atoms with Gasteiger partial charge in [0.05, 0.1) is 10.6 Å². The quantitative estimate of drug-likeness (QED) is 0.793. The van der Waals surface area contributed by atoms with E-state index in [9.17, 15) is 4.79 Å². The molecule has 1 aromatic rings. The van der Waals surface area contributed by atoms with Crippen LogP contribution in [0.4, 0.5) is 5.69 Å². The smallest absolute Gasteiger partial charge is 0.250 e. The standard InChI is InChI=1S/C14H20ClN3O/c1-9(10-3-2-6-17-8-10)18-11-4-5-12(14(16)19)13(15)7-11/h4-5,7,9-10,17-18H,2-3,6,8H2,1H3,(H2,16,19). The first kappa shape index (κ1) is 14.2. The predicted molar refractivity (Wildman–Crippen MR) is 78.6 cm³/mol. The van der Waals surface area contributed by atoms with E-state index in [1.54, 1.807) is 12.1 Å². The maximum Gasteiger partial charge on any atom is 0.250 e. The summed E-state index contributed by atoms with van der Waals surface area (Å²) in [5, 5.41) is 7.25. The van der Waals surface area contributed by atoms with Crippen molar-refractivity contribution in [2.45, 2.75) is 25.8 Å². The molecule has 0 bridgehead atoms. The van der Waals surface area contributed by atoms with Crippen LogP contribution < -0.4 is 16.4 Å². The Labute approximate surface area is 118 Å². The SMILES string of the molecule is CC(Nc1ccc(C(N)=O)c(Cl)c1)C1CCCNC1. The predicted octanol–water partition coefficient (Wildman–Crippen LogP) is 2.24. The van der Waals surface area contributed by atoms with Gasteiger partial charge in [-0.15, -0.1) is 0 Å². The van der Waals surface area contributed by atoms with Gasteiger partial charge in [-0.25, -0.2) is 0 Å². The molecule has 1 saturated heterocycles. The van der Waals surface area contributed by atoms with E-state index in [1.807, 2.05) is 6.07 Å². The lowest BCUT2D eigenvalue weighted by atomic mass is 9.92. The van der Waals surface area contributed by atoms with Crippen molar-refractivity contribution < 1.29 is 4.79 Å². The lowest BCUT2D eigenvalue weighted by Crippen LogP contribution is -2.38. The third kappa shape index (κ3) is 3.61. The van der Waals surface area contributed by atoms with E-state index in [0.717, 1.165) is 18.8 Å². The molecule has 5 heteroatoms. The molecule has 2 rings (SSSR count). The van der Waals surface area contributed by atoms with Gasteiger partial charge in [0, 0.05) is 11.7 Å². The number of nitrogens with one attached hydrogen (secondary N) is 2. The minimum absolute atomic E-state index is 0.360. The van der Waals surface area contributed by atoms with Crippen molar-refractivity contribution in [3.8, 4) is 0 Å². The number of amides is 1. The van der Waals surface area contributed by atoms with Gasteiger partial charge in [0.1, 0.15) is 0 Å². The molecule has 1 aliphatic rings. The summed E-state index contributed by atoms with van der Waals surface area (Å²) in [6, 6.07) is 5.63. The Morgan fingerprint density at radius 1 is 1.58 bits per heavy atom. The van der Waals surface area contributed by atoms with Crippen LogP contribution >= 0.6 is 11.6 Å². The first-order valence-corrected chi connectivity index (χ1v) is 7.02. The number of primary amides is 1. The monoisotopic (exact) mass is 281 g/mol. The fourth-order valence-corrected chi connectivity index (χ4v) is 2.76. The van der Waals surface area contributed by atoms with E-state index in [0.29, 0.717) is 22.5 Å². The Morgan fingerprint density at radius 2 is 2.37 bits per heavy atom. The van der Waals surface area contributed by atoms with Crippen molar-refractivity contribution >= 4 is 23.2 Å². The largest absolute Gasteiger partial charge is 0.382 e. The van der Waals surface area contributed by atoms with Crippen molar-refractivity contribution in [3.05, 3.63) is 28.8 Å².